The molecule has 0 amide bonds. The first-order valence-electron chi connectivity index (χ1n) is 3.33. The van der Waals surface area contributed by atoms with Crippen molar-refractivity contribution in [1.29, 1.82) is 0 Å². The molecule has 0 saturated carbocycles. The van der Waals surface area contributed by atoms with Gasteiger partial charge < -0.3 is 4.74 Å². The predicted molar refractivity (Wildman–Crippen MR) is 58.5 cm³/mol. The lowest BCUT2D eigenvalue weighted by Gasteiger charge is -2.04. The lowest BCUT2D eigenvalue weighted by molar-refractivity contribution is 0.408. The van der Waals surface area contributed by atoms with E-state index in [1.807, 2.05) is 19.2 Å². The molecule has 0 aliphatic rings. The number of nitrogens with zero attached hydrogens (tertiary/aromatic N) is 1. The van der Waals surface area contributed by atoms with Crippen molar-refractivity contribution in [1.82, 2.24) is 4.98 Å². The van der Waals surface area contributed by atoms with E-state index in [1.165, 1.54) is 0 Å². The van der Waals surface area contributed by atoms with Crippen molar-refractivity contribution in [2.45, 2.75) is 12.3 Å². The normalized spacial score (nSPS) is 8.92. The van der Waals surface area contributed by atoms with Gasteiger partial charge in [-0.2, -0.15) is 0 Å². The smallest absolute Gasteiger partial charge is 0.141 e. The third-order valence-corrected chi connectivity index (χ3v) is 1.94. The van der Waals surface area contributed by atoms with Crippen LogP contribution in [0.2, 0.25) is 0 Å². The molecule has 2 nitrogen and oxygen atoms in total. The Labute approximate surface area is 91.2 Å². The Kier molecular flexibility index (Phi) is 5.50. The number of rotatable bonds is 2. The number of aryl methyl sites for hydroxylation is 1. The molecule has 0 N–H and O–H groups in total. The molecule has 0 bridgehead atoms. The van der Waals surface area contributed by atoms with E-state index in [-0.39, 0.29) is 17.0 Å². The SMILES string of the molecule is Br.COc1cc(C)cnc1CBr. The third-order valence-electron chi connectivity index (χ3n) is 1.41. The highest BCUT2D eigenvalue weighted by atomic mass is 79.9. The van der Waals surface area contributed by atoms with Crippen LogP contribution in [-0.4, -0.2) is 12.1 Å². The standard InChI is InChI=1S/C8H10BrNO.BrH/c1-6-3-8(11-2)7(4-9)10-5-6;/h3,5H,4H2,1-2H3;1H. The van der Waals surface area contributed by atoms with Gasteiger partial charge in [-0.15, -0.1) is 17.0 Å². The summed E-state index contributed by atoms with van der Waals surface area (Å²) >= 11 is 3.33. The van der Waals surface area contributed by atoms with Gasteiger partial charge in [0.25, 0.3) is 0 Å². The number of methoxy groups -OCH3 is 1. The Morgan fingerprint density at radius 2 is 2.25 bits per heavy atom. The summed E-state index contributed by atoms with van der Waals surface area (Å²) in [6.45, 7) is 1.99. The molecule has 0 unspecified atom stereocenters. The summed E-state index contributed by atoms with van der Waals surface area (Å²) < 4.78 is 5.12. The van der Waals surface area contributed by atoms with Crippen molar-refractivity contribution in [2.24, 2.45) is 0 Å². The first kappa shape index (κ1) is 11.9. The highest BCUT2D eigenvalue weighted by Gasteiger charge is 2.01. The second-order valence-corrected chi connectivity index (χ2v) is 2.86. The van der Waals surface area contributed by atoms with Crippen LogP contribution in [-0.2, 0) is 5.33 Å². The Balaban J connectivity index is 0.00000121. The molecule has 0 aromatic carbocycles. The van der Waals surface area contributed by atoms with Gasteiger partial charge in [-0.1, -0.05) is 15.9 Å². The van der Waals surface area contributed by atoms with Crippen molar-refractivity contribution in [3.8, 4) is 5.75 Å². The third kappa shape index (κ3) is 2.75. The Bertz CT molecular complexity index is 253. The number of alkyl halides is 1. The number of ether oxygens (including phenoxy) is 1. The summed E-state index contributed by atoms with van der Waals surface area (Å²) in [6.07, 6.45) is 1.83. The van der Waals surface area contributed by atoms with Crippen LogP contribution in [0.15, 0.2) is 12.3 Å². The molecule has 68 valence electrons. The van der Waals surface area contributed by atoms with Gasteiger partial charge in [-0.25, -0.2) is 0 Å². The Morgan fingerprint density at radius 1 is 1.58 bits per heavy atom. The minimum atomic E-state index is 0. The molecule has 12 heavy (non-hydrogen) atoms. The maximum atomic E-state index is 5.12. The molecule has 1 heterocycles. The topological polar surface area (TPSA) is 22.1 Å². The average Bonchev–Trinajstić information content (AvgIpc) is 2.04. The molecule has 0 atom stereocenters. The van der Waals surface area contributed by atoms with Crippen molar-refractivity contribution in [3.63, 3.8) is 0 Å². The molecule has 0 fully saturated rings. The number of aromatic nitrogens is 1. The van der Waals surface area contributed by atoms with E-state index in [2.05, 4.69) is 20.9 Å². The number of halogens is 2. The van der Waals surface area contributed by atoms with Gasteiger partial charge in [0.15, 0.2) is 0 Å². The van der Waals surface area contributed by atoms with E-state index in [0.717, 1.165) is 22.3 Å². The quantitative estimate of drug-likeness (QED) is 0.783. The molecule has 0 aliphatic heterocycles. The fraction of sp³-hybridized carbons (Fsp3) is 0.375. The molecule has 1 rings (SSSR count). The fourth-order valence-corrected chi connectivity index (χ4v) is 1.27. The van der Waals surface area contributed by atoms with Crippen LogP contribution in [0.3, 0.4) is 0 Å². The molecule has 0 radical (unpaired) electrons. The summed E-state index contributed by atoms with van der Waals surface area (Å²) in [5.41, 5.74) is 2.06. The zero-order valence-electron chi connectivity index (χ0n) is 7.00. The minimum Gasteiger partial charge on any atom is -0.495 e. The summed E-state index contributed by atoms with van der Waals surface area (Å²) in [4.78, 5) is 4.20. The van der Waals surface area contributed by atoms with E-state index < -0.39 is 0 Å². The first-order chi connectivity index (χ1) is 5.27. The van der Waals surface area contributed by atoms with Crippen LogP contribution >= 0.6 is 32.9 Å². The molecule has 4 heteroatoms. The summed E-state index contributed by atoms with van der Waals surface area (Å²) in [5.74, 6) is 0.849. The zero-order valence-corrected chi connectivity index (χ0v) is 10.3. The van der Waals surface area contributed by atoms with Gasteiger partial charge in [0.1, 0.15) is 5.75 Å². The first-order valence-corrected chi connectivity index (χ1v) is 4.45. The molecular formula is C8H11Br2NO. The van der Waals surface area contributed by atoms with Crippen molar-refractivity contribution in [3.05, 3.63) is 23.5 Å². The Hall–Kier alpha value is -0.0900. The molecule has 1 aromatic rings. The van der Waals surface area contributed by atoms with Gasteiger partial charge in [0, 0.05) is 11.5 Å². The molecule has 1 aromatic heterocycles. The largest absolute Gasteiger partial charge is 0.495 e. The van der Waals surface area contributed by atoms with Gasteiger partial charge in [0.2, 0.25) is 0 Å². The number of hydrogen-bond acceptors (Lipinski definition) is 2. The summed E-state index contributed by atoms with van der Waals surface area (Å²) in [6, 6.07) is 1.98. The number of hydrogen-bond donors (Lipinski definition) is 0. The van der Waals surface area contributed by atoms with E-state index >= 15 is 0 Å². The minimum absolute atomic E-state index is 0. The summed E-state index contributed by atoms with van der Waals surface area (Å²) in [5, 5.41) is 0.733. The Morgan fingerprint density at radius 3 is 2.75 bits per heavy atom. The lowest BCUT2D eigenvalue weighted by atomic mass is 10.2. The highest BCUT2D eigenvalue weighted by molar-refractivity contribution is 9.08. The number of pyridine rings is 1. The molecule has 0 spiro atoms. The van der Waals surface area contributed by atoms with Crippen molar-refractivity contribution < 1.29 is 4.74 Å². The van der Waals surface area contributed by atoms with Crippen molar-refractivity contribution >= 4 is 32.9 Å². The molecular weight excluding hydrogens is 286 g/mol. The second-order valence-electron chi connectivity index (χ2n) is 2.30. The lowest BCUT2D eigenvalue weighted by Crippen LogP contribution is -1.93. The van der Waals surface area contributed by atoms with Crippen LogP contribution in [0.5, 0.6) is 5.75 Å². The fourth-order valence-electron chi connectivity index (χ4n) is 0.848. The predicted octanol–water partition coefficient (Wildman–Crippen LogP) is 2.87. The van der Waals surface area contributed by atoms with Crippen LogP contribution in [0.4, 0.5) is 0 Å². The van der Waals surface area contributed by atoms with E-state index in [9.17, 15) is 0 Å². The van der Waals surface area contributed by atoms with E-state index in [4.69, 9.17) is 4.74 Å². The van der Waals surface area contributed by atoms with Crippen LogP contribution in [0, 0.1) is 6.92 Å². The van der Waals surface area contributed by atoms with Gasteiger partial charge in [-0.3, -0.25) is 4.98 Å². The van der Waals surface area contributed by atoms with Crippen LogP contribution in [0.1, 0.15) is 11.3 Å². The molecule has 0 aliphatic carbocycles. The average molecular weight is 297 g/mol. The van der Waals surface area contributed by atoms with Crippen LogP contribution in [0.25, 0.3) is 0 Å². The second kappa shape index (κ2) is 5.54. The maximum Gasteiger partial charge on any atom is 0.141 e. The molecule has 0 saturated heterocycles. The highest BCUT2D eigenvalue weighted by Crippen LogP contribution is 2.18. The van der Waals surface area contributed by atoms with Gasteiger partial charge in [0.05, 0.1) is 12.8 Å². The van der Waals surface area contributed by atoms with Gasteiger partial charge in [-0.05, 0) is 18.6 Å². The maximum absolute atomic E-state index is 5.12. The van der Waals surface area contributed by atoms with Gasteiger partial charge >= 0.3 is 0 Å². The van der Waals surface area contributed by atoms with E-state index in [1.54, 1.807) is 7.11 Å². The monoisotopic (exact) mass is 295 g/mol. The van der Waals surface area contributed by atoms with Crippen molar-refractivity contribution in [2.75, 3.05) is 7.11 Å². The summed E-state index contributed by atoms with van der Waals surface area (Å²) in [7, 11) is 1.66. The zero-order chi connectivity index (χ0) is 8.27. The van der Waals surface area contributed by atoms with Crippen LogP contribution < -0.4 is 4.74 Å². The van der Waals surface area contributed by atoms with E-state index in [0.29, 0.717) is 0 Å².